The van der Waals surface area contributed by atoms with Crippen molar-refractivity contribution in [2.75, 3.05) is 37.0 Å². The summed E-state index contributed by atoms with van der Waals surface area (Å²) in [6, 6.07) is 5.69. The summed E-state index contributed by atoms with van der Waals surface area (Å²) in [6.45, 7) is 4.85. The predicted octanol–water partition coefficient (Wildman–Crippen LogP) is 1.59. The Labute approximate surface area is 125 Å². The molecule has 21 heavy (non-hydrogen) atoms. The molecular formula is C14H22FN3O2S. The van der Waals surface area contributed by atoms with Gasteiger partial charge in [-0.05, 0) is 32.4 Å². The SMILES string of the molecule is Cc1cccc(N2CCN(S(=O)(=O)CCCF)[C@H](C)C2)n1. The van der Waals surface area contributed by atoms with Crippen molar-refractivity contribution < 1.29 is 12.8 Å². The Balaban J connectivity index is 2.05. The molecule has 0 aliphatic carbocycles. The van der Waals surface area contributed by atoms with Gasteiger partial charge in [0.25, 0.3) is 0 Å². The van der Waals surface area contributed by atoms with Gasteiger partial charge in [-0.25, -0.2) is 13.4 Å². The maximum atomic E-state index is 12.2. The molecule has 0 radical (unpaired) electrons. The molecular weight excluding hydrogens is 293 g/mol. The van der Waals surface area contributed by atoms with Crippen LogP contribution >= 0.6 is 0 Å². The highest BCUT2D eigenvalue weighted by Gasteiger charge is 2.32. The second-order valence-corrected chi connectivity index (χ2v) is 7.44. The molecule has 0 aromatic carbocycles. The Hall–Kier alpha value is -1.21. The number of pyridine rings is 1. The molecule has 0 saturated carbocycles. The number of anilines is 1. The first-order valence-electron chi connectivity index (χ1n) is 7.18. The topological polar surface area (TPSA) is 53.5 Å². The Bertz CT molecular complexity index is 579. The quantitative estimate of drug-likeness (QED) is 0.828. The summed E-state index contributed by atoms with van der Waals surface area (Å²) in [4.78, 5) is 6.57. The molecule has 118 valence electrons. The van der Waals surface area contributed by atoms with Crippen LogP contribution in [0.1, 0.15) is 19.0 Å². The Kier molecular flexibility index (Phi) is 5.16. The Morgan fingerprint density at radius 1 is 1.38 bits per heavy atom. The molecule has 2 heterocycles. The number of aromatic nitrogens is 1. The van der Waals surface area contributed by atoms with E-state index in [0.29, 0.717) is 19.6 Å². The molecule has 1 aliphatic rings. The van der Waals surface area contributed by atoms with Crippen molar-refractivity contribution in [1.82, 2.24) is 9.29 Å². The van der Waals surface area contributed by atoms with Crippen molar-refractivity contribution in [3.63, 3.8) is 0 Å². The third kappa shape index (κ3) is 3.91. The highest BCUT2D eigenvalue weighted by atomic mass is 32.2. The molecule has 0 unspecified atom stereocenters. The second kappa shape index (κ2) is 6.70. The number of alkyl halides is 1. The van der Waals surface area contributed by atoms with E-state index in [9.17, 15) is 12.8 Å². The summed E-state index contributed by atoms with van der Waals surface area (Å²) < 4.78 is 38.1. The lowest BCUT2D eigenvalue weighted by molar-refractivity contribution is 0.305. The van der Waals surface area contributed by atoms with Crippen LogP contribution in [-0.2, 0) is 10.0 Å². The number of halogens is 1. The number of hydrogen-bond donors (Lipinski definition) is 0. The Morgan fingerprint density at radius 2 is 2.14 bits per heavy atom. The van der Waals surface area contributed by atoms with Gasteiger partial charge in [0.05, 0.1) is 12.4 Å². The van der Waals surface area contributed by atoms with E-state index in [1.165, 1.54) is 4.31 Å². The number of hydrogen-bond acceptors (Lipinski definition) is 4. The minimum Gasteiger partial charge on any atom is -0.354 e. The van der Waals surface area contributed by atoms with Crippen molar-refractivity contribution in [2.24, 2.45) is 0 Å². The van der Waals surface area contributed by atoms with E-state index in [0.717, 1.165) is 11.5 Å². The highest BCUT2D eigenvalue weighted by Crippen LogP contribution is 2.20. The van der Waals surface area contributed by atoms with E-state index < -0.39 is 16.7 Å². The maximum Gasteiger partial charge on any atom is 0.214 e. The van der Waals surface area contributed by atoms with Crippen molar-refractivity contribution in [3.8, 4) is 0 Å². The number of piperazine rings is 1. The molecule has 0 N–H and O–H groups in total. The van der Waals surface area contributed by atoms with Crippen LogP contribution in [0.5, 0.6) is 0 Å². The maximum absolute atomic E-state index is 12.2. The van der Waals surface area contributed by atoms with Gasteiger partial charge in [-0.2, -0.15) is 4.31 Å². The summed E-state index contributed by atoms with van der Waals surface area (Å²) in [5.74, 6) is 0.763. The van der Waals surface area contributed by atoms with Crippen LogP contribution in [0, 0.1) is 6.92 Å². The van der Waals surface area contributed by atoms with Crippen LogP contribution in [-0.4, -0.2) is 55.8 Å². The summed E-state index contributed by atoms with van der Waals surface area (Å²) in [5.41, 5.74) is 0.943. The van der Waals surface area contributed by atoms with Crippen LogP contribution in [0.2, 0.25) is 0 Å². The molecule has 0 spiro atoms. The van der Waals surface area contributed by atoms with Crippen molar-refractivity contribution in [2.45, 2.75) is 26.3 Å². The zero-order chi connectivity index (χ0) is 15.5. The molecule has 7 heteroatoms. The van der Waals surface area contributed by atoms with E-state index in [1.807, 2.05) is 32.0 Å². The van der Waals surface area contributed by atoms with Crippen molar-refractivity contribution in [1.29, 1.82) is 0 Å². The molecule has 1 fully saturated rings. The minimum absolute atomic E-state index is 0.0642. The number of sulfonamides is 1. The average molecular weight is 315 g/mol. The molecule has 1 aromatic rings. The molecule has 0 amide bonds. The van der Waals surface area contributed by atoms with Crippen molar-refractivity contribution >= 4 is 15.8 Å². The average Bonchev–Trinajstić information content (AvgIpc) is 2.45. The molecule has 2 rings (SSSR count). The summed E-state index contributed by atoms with van der Waals surface area (Å²) in [7, 11) is -3.36. The van der Waals surface area contributed by atoms with E-state index in [1.54, 1.807) is 0 Å². The zero-order valence-electron chi connectivity index (χ0n) is 12.5. The molecule has 1 saturated heterocycles. The smallest absolute Gasteiger partial charge is 0.214 e. The van der Waals surface area contributed by atoms with E-state index in [-0.39, 0.29) is 18.2 Å². The standard InChI is InChI=1S/C14H22FN3O2S/c1-12-5-3-6-14(16-12)17-8-9-18(13(2)11-17)21(19,20)10-4-7-15/h3,5-6,13H,4,7-11H2,1-2H3/t13-/m1/s1. The lowest BCUT2D eigenvalue weighted by Gasteiger charge is -2.39. The van der Waals surface area contributed by atoms with Crippen LogP contribution in [0.25, 0.3) is 0 Å². The van der Waals surface area contributed by atoms with Crippen LogP contribution in [0.4, 0.5) is 10.2 Å². The minimum atomic E-state index is -3.36. The summed E-state index contributed by atoms with van der Waals surface area (Å²) in [6.07, 6.45) is 0.0642. The summed E-state index contributed by atoms with van der Waals surface area (Å²) >= 11 is 0. The molecule has 1 aliphatic heterocycles. The van der Waals surface area contributed by atoms with Gasteiger partial charge in [0.2, 0.25) is 10.0 Å². The second-order valence-electron chi connectivity index (χ2n) is 5.40. The van der Waals surface area contributed by atoms with Gasteiger partial charge in [-0.3, -0.25) is 4.39 Å². The van der Waals surface area contributed by atoms with E-state index >= 15 is 0 Å². The van der Waals surface area contributed by atoms with Gasteiger partial charge in [0.15, 0.2) is 0 Å². The monoisotopic (exact) mass is 315 g/mol. The van der Waals surface area contributed by atoms with E-state index in [2.05, 4.69) is 9.88 Å². The van der Waals surface area contributed by atoms with Crippen LogP contribution in [0.15, 0.2) is 18.2 Å². The molecule has 1 atom stereocenters. The van der Waals surface area contributed by atoms with Crippen LogP contribution in [0.3, 0.4) is 0 Å². The van der Waals surface area contributed by atoms with Gasteiger partial charge >= 0.3 is 0 Å². The normalized spacial score (nSPS) is 20.7. The fourth-order valence-corrected chi connectivity index (χ4v) is 4.30. The number of nitrogens with zero attached hydrogens (tertiary/aromatic N) is 3. The molecule has 1 aromatic heterocycles. The molecule has 0 bridgehead atoms. The first-order valence-corrected chi connectivity index (χ1v) is 8.79. The lowest BCUT2D eigenvalue weighted by atomic mass is 10.2. The van der Waals surface area contributed by atoms with Crippen LogP contribution < -0.4 is 4.90 Å². The number of rotatable bonds is 5. The highest BCUT2D eigenvalue weighted by molar-refractivity contribution is 7.89. The molecule has 5 nitrogen and oxygen atoms in total. The predicted molar refractivity (Wildman–Crippen MR) is 81.7 cm³/mol. The van der Waals surface area contributed by atoms with E-state index in [4.69, 9.17) is 0 Å². The van der Waals surface area contributed by atoms with Gasteiger partial charge in [0, 0.05) is 31.4 Å². The third-order valence-electron chi connectivity index (χ3n) is 3.66. The lowest BCUT2D eigenvalue weighted by Crippen LogP contribution is -2.54. The van der Waals surface area contributed by atoms with Crippen molar-refractivity contribution in [3.05, 3.63) is 23.9 Å². The van der Waals surface area contributed by atoms with Gasteiger partial charge in [0.1, 0.15) is 5.82 Å². The van der Waals surface area contributed by atoms with Gasteiger partial charge in [-0.1, -0.05) is 6.07 Å². The zero-order valence-corrected chi connectivity index (χ0v) is 13.3. The third-order valence-corrected chi connectivity index (χ3v) is 5.72. The van der Waals surface area contributed by atoms with Gasteiger partial charge < -0.3 is 4.90 Å². The largest absolute Gasteiger partial charge is 0.354 e. The Morgan fingerprint density at radius 3 is 2.76 bits per heavy atom. The first kappa shape index (κ1) is 16.2. The fourth-order valence-electron chi connectivity index (χ4n) is 2.62. The fraction of sp³-hybridized carbons (Fsp3) is 0.643. The van der Waals surface area contributed by atoms with Gasteiger partial charge in [-0.15, -0.1) is 0 Å². The first-order chi connectivity index (χ1) is 9.94. The number of aryl methyl sites for hydroxylation is 1. The summed E-state index contributed by atoms with van der Waals surface area (Å²) in [5, 5.41) is 0.